The lowest BCUT2D eigenvalue weighted by Gasteiger charge is -2.04. The molecule has 0 aliphatic carbocycles. The van der Waals surface area contributed by atoms with Crippen molar-refractivity contribution in [1.82, 2.24) is 0 Å². The van der Waals surface area contributed by atoms with E-state index >= 15 is 0 Å². The normalized spacial score (nSPS) is 11.2. The average Bonchev–Trinajstić information content (AvgIpc) is 2.01. The van der Waals surface area contributed by atoms with Crippen molar-refractivity contribution >= 4 is 15.2 Å². The summed E-state index contributed by atoms with van der Waals surface area (Å²) >= 11 is 0.778. The molecule has 0 N–H and O–H groups in total. The zero-order valence-electron chi connectivity index (χ0n) is 9.97. The SMILES string of the molecule is CC(C)CC[CH2][Al][CH2]CCC(C)C. The topological polar surface area (TPSA) is 0 Å². The van der Waals surface area contributed by atoms with Crippen molar-refractivity contribution < 1.29 is 0 Å². The van der Waals surface area contributed by atoms with Crippen LogP contribution in [-0.4, -0.2) is 15.2 Å². The largest absolute Gasteiger partial charge is 0.199 e. The predicted octanol–water partition coefficient (Wildman–Crippen LogP) is 4.40. The molecule has 0 aromatic carbocycles. The van der Waals surface area contributed by atoms with Crippen molar-refractivity contribution in [2.75, 3.05) is 0 Å². The van der Waals surface area contributed by atoms with E-state index in [1.54, 1.807) is 0 Å². The van der Waals surface area contributed by atoms with E-state index in [1.807, 2.05) is 0 Å². The maximum absolute atomic E-state index is 2.33. The fraction of sp³-hybridized carbons (Fsp3) is 1.00. The summed E-state index contributed by atoms with van der Waals surface area (Å²) in [5.41, 5.74) is 0. The van der Waals surface area contributed by atoms with Crippen LogP contribution in [0.5, 0.6) is 0 Å². The van der Waals surface area contributed by atoms with Crippen LogP contribution in [0.2, 0.25) is 10.6 Å². The molecule has 0 unspecified atom stereocenters. The molecule has 0 saturated heterocycles. The van der Waals surface area contributed by atoms with Gasteiger partial charge in [0.15, 0.2) is 15.2 Å². The van der Waals surface area contributed by atoms with Gasteiger partial charge in [0, 0.05) is 0 Å². The molecule has 1 radical (unpaired) electrons. The molecule has 0 amide bonds. The van der Waals surface area contributed by atoms with Crippen molar-refractivity contribution in [3.63, 3.8) is 0 Å². The summed E-state index contributed by atoms with van der Waals surface area (Å²) in [6.45, 7) is 9.31. The van der Waals surface area contributed by atoms with Crippen LogP contribution in [0.25, 0.3) is 0 Å². The second-order valence-electron chi connectivity index (χ2n) is 4.94. The van der Waals surface area contributed by atoms with E-state index < -0.39 is 0 Å². The zero-order chi connectivity index (χ0) is 10.1. The van der Waals surface area contributed by atoms with Gasteiger partial charge in [0.2, 0.25) is 0 Å². The minimum Gasteiger partial charge on any atom is -0.104 e. The van der Waals surface area contributed by atoms with E-state index in [1.165, 1.54) is 36.2 Å². The van der Waals surface area contributed by atoms with Crippen LogP contribution in [-0.2, 0) is 0 Å². The summed E-state index contributed by atoms with van der Waals surface area (Å²) < 4.78 is 0. The van der Waals surface area contributed by atoms with Crippen molar-refractivity contribution in [3.8, 4) is 0 Å². The van der Waals surface area contributed by atoms with Gasteiger partial charge in [0.25, 0.3) is 0 Å². The molecule has 0 aromatic rings. The lowest BCUT2D eigenvalue weighted by Crippen LogP contribution is -1.94. The molecule has 1 heteroatoms. The average molecular weight is 197 g/mol. The minimum atomic E-state index is 0.778. The Morgan fingerprint density at radius 2 is 1.15 bits per heavy atom. The smallest absolute Gasteiger partial charge is 0.104 e. The molecular formula is C12H26Al. The fourth-order valence-corrected chi connectivity index (χ4v) is 2.82. The first-order valence-electron chi connectivity index (χ1n) is 5.94. The summed E-state index contributed by atoms with van der Waals surface area (Å²) in [5, 5.41) is 3.08. The summed E-state index contributed by atoms with van der Waals surface area (Å²) in [7, 11) is 0. The van der Waals surface area contributed by atoms with Gasteiger partial charge in [0.05, 0.1) is 0 Å². The Kier molecular flexibility index (Phi) is 9.47. The second-order valence-corrected chi connectivity index (χ2v) is 6.67. The predicted molar refractivity (Wildman–Crippen MR) is 63.5 cm³/mol. The lowest BCUT2D eigenvalue weighted by atomic mass is 10.1. The lowest BCUT2D eigenvalue weighted by molar-refractivity contribution is 0.568. The Hall–Kier alpha value is 0.532. The van der Waals surface area contributed by atoms with Crippen molar-refractivity contribution in [1.29, 1.82) is 0 Å². The van der Waals surface area contributed by atoms with Gasteiger partial charge >= 0.3 is 0 Å². The van der Waals surface area contributed by atoms with E-state index in [2.05, 4.69) is 27.7 Å². The van der Waals surface area contributed by atoms with Crippen LogP contribution >= 0.6 is 0 Å². The Balaban J connectivity index is 2.92. The van der Waals surface area contributed by atoms with Crippen LogP contribution in [0.1, 0.15) is 53.4 Å². The van der Waals surface area contributed by atoms with Crippen LogP contribution in [0, 0.1) is 11.8 Å². The molecule has 0 nitrogen and oxygen atoms in total. The zero-order valence-corrected chi connectivity index (χ0v) is 11.1. The highest BCUT2D eigenvalue weighted by Gasteiger charge is 1.97. The van der Waals surface area contributed by atoms with E-state index in [9.17, 15) is 0 Å². The van der Waals surface area contributed by atoms with E-state index in [0.717, 1.165) is 27.1 Å². The standard InChI is InChI=1S/2C6H13.Al/c2*1-4-5-6(2)3;/h2*6H,1,4-5H2,2-3H3;. The van der Waals surface area contributed by atoms with Gasteiger partial charge in [0.1, 0.15) is 0 Å². The Bertz CT molecular complexity index is 85.3. The van der Waals surface area contributed by atoms with Gasteiger partial charge in [-0.1, -0.05) is 53.4 Å². The van der Waals surface area contributed by atoms with Gasteiger partial charge < -0.3 is 0 Å². The van der Waals surface area contributed by atoms with Crippen LogP contribution in [0.3, 0.4) is 0 Å². The van der Waals surface area contributed by atoms with Crippen LogP contribution in [0.15, 0.2) is 0 Å². The highest BCUT2D eigenvalue weighted by atomic mass is 27.1. The van der Waals surface area contributed by atoms with Gasteiger partial charge in [-0.2, -0.15) is 0 Å². The van der Waals surface area contributed by atoms with Gasteiger partial charge in [-0.25, -0.2) is 0 Å². The third-order valence-corrected chi connectivity index (χ3v) is 4.01. The van der Waals surface area contributed by atoms with Gasteiger partial charge in [-0.15, -0.1) is 10.6 Å². The quantitative estimate of drug-likeness (QED) is 0.399. The molecular weight excluding hydrogens is 171 g/mol. The first-order valence-corrected chi connectivity index (χ1v) is 7.58. The van der Waals surface area contributed by atoms with E-state index in [0.29, 0.717) is 0 Å². The third-order valence-electron chi connectivity index (χ3n) is 2.38. The van der Waals surface area contributed by atoms with Crippen molar-refractivity contribution in [2.24, 2.45) is 11.8 Å². The maximum Gasteiger partial charge on any atom is 0.199 e. The van der Waals surface area contributed by atoms with Crippen LogP contribution in [0.4, 0.5) is 0 Å². The molecule has 13 heavy (non-hydrogen) atoms. The maximum atomic E-state index is 2.33. The first kappa shape index (κ1) is 13.5. The van der Waals surface area contributed by atoms with Crippen molar-refractivity contribution in [2.45, 2.75) is 63.9 Å². The molecule has 0 heterocycles. The second kappa shape index (κ2) is 9.10. The van der Waals surface area contributed by atoms with Gasteiger partial charge in [-0.05, 0) is 11.8 Å². The van der Waals surface area contributed by atoms with E-state index in [4.69, 9.17) is 0 Å². The molecule has 0 rings (SSSR count). The van der Waals surface area contributed by atoms with E-state index in [-0.39, 0.29) is 0 Å². The molecule has 0 fully saturated rings. The first-order chi connectivity index (χ1) is 6.13. The fourth-order valence-electron chi connectivity index (χ4n) is 1.49. The number of hydrogen-bond acceptors (Lipinski definition) is 0. The monoisotopic (exact) mass is 197 g/mol. The molecule has 0 aliphatic heterocycles. The third kappa shape index (κ3) is 12.5. The molecule has 0 aliphatic rings. The van der Waals surface area contributed by atoms with Gasteiger partial charge in [-0.3, -0.25) is 0 Å². The highest BCUT2D eigenvalue weighted by molar-refractivity contribution is 6.35. The summed E-state index contributed by atoms with van der Waals surface area (Å²) in [6.07, 6.45) is 5.84. The Morgan fingerprint density at radius 3 is 1.46 bits per heavy atom. The molecule has 0 saturated carbocycles. The highest BCUT2D eigenvalue weighted by Crippen LogP contribution is 2.10. The summed E-state index contributed by atoms with van der Waals surface area (Å²) in [4.78, 5) is 0. The molecule has 0 spiro atoms. The molecule has 0 aromatic heterocycles. The minimum absolute atomic E-state index is 0.778. The molecule has 0 atom stereocenters. The molecule has 77 valence electrons. The Morgan fingerprint density at radius 1 is 0.769 bits per heavy atom. The molecule has 0 bridgehead atoms. The summed E-state index contributed by atoms with van der Waals surface area (Å²) in [6, 6.07) is 0. The van der Waals surface area contributed by atoms with Crippen molar-refractivity contribution in [3.05, 3.63) is 0 Å². The number of rotatable bonds is 8. The van der Waals surface area contributed by atoms with Crippen LogP contribution < -0.4 is 0 Å². The Labute approximate surface area is 91.2 Å². The summed E-state index contributed by atoms with van der Waals surface area (Å²) in [5.74, 6) is 1.82. The number of hydrogen-bond donors (Lipinski definition) is 0.